The minimum atomic E-state index is -0.251. The van der Waals surface area contributed by atoms with Crippen LogP contribution in [0.5, 0.6) is 0 Å². The molecule has 6 heteroatoms. The number of halogens is 1. The van der Waals surface area contributed by atoms with Crippen molar-refractivity contribution >= 4 is 28.1 Å². The molecular formula is C10H10BrN3OS. The third-order valence-corrected chi connectivity index (χ3v) is 3.10. The lowest BCUT2D eigenvalue weighted by molar-refractivity contribution is 0.952. The number of aromatic nitrogens is 3. The van der Waals surface area contributed by atoms with Crippen LogP contribution in [0.2, 0.25) is 0 Å². The van der Waals surface area contributed by atoms with Crippen molar-refractivity contribution in [2.24, 2.45) is 0 Å². The molecule has 4 nitrogen and oxygen atoms in total. The Bertz CT molecular complexity index is 602. The Hall–Kier alpha value is -1.14. The lowest BCUT2D eigenvalue weighted by Gasteiger charge is -2.09. The van der Waals surface area contributed by atoms with Gasteiger partial charge >= 0.3 is 5.69 Å². The maximum absolute atomic E-state index is 11.6. The van der Waals surface area contributed by atoms with Crippen molar-refractivity contribution in [3.8, 4) is 5.69 Å². The second-order valence-corrected chi connectivity index (χ2v) is 4.89. The molecular weight excluding hydrogens is 290 g/mol. The number of benzene rings is 1. The minimum absolute atomic E-state index is 0.251. The molecule has 0 saturated carbocycles. The number of hydrogen-bond acceptors (Lipinski definition) is 2. The van der Waals surface area contributed by atoms with Gasteiger partial charge in [-0.15, -0.1) is 0 Å². The lowest BCUT2D eigenvalue weighted by atomic mass is 10.1. The van der Waals surface area contributed by atoms with Crippen LogP contribution in [0.15, 0.2) is 21.4 Å². The largest absolute Gasteiger partial charge is 0.347 e. The van der Waals surface area contributed by atoms with Crippen LogP contribution in [0, 0.1) is 18.6 Å². The first-order valence-corrected chi connectivity index (χ1v) is 5.87. The fraction of sp³-hybridized carbons (Fsp3) is 0.200. The number of nitrogens with zero attached hydrogens (tertiary/aromatic N) is 1. The zero-order valence-corrected chi connectivity index (χ0v) is 11.2. The molecule has 0 unspecified atom stereocenters. The van der Waals surface area contributed by atoms with Crippen LogP contribution in [0.4, 0.5) is 0 Å². The number of hydrogen-bond donors (Lipinski definition) is 2. The average molecular weight is 300 g/mol. The number of nitrogens with one attached hydrogen (secondary N) is 2. The number of aryl methyl sites for hydroxylation is 2. The standard InChI is InChI=1S/C10H10BrN3OS/c1-5-3-7(11)4-6(2)8(5)14-9(15)12-13-10(14)16/h3-4H,1-2H3,(H,12,15)(H,13,16). The van der Waals surface area contributed by atoms with Crippen molar-refractivity contribution in [1.29, 1.82) is 0 Å². The van der Waals surface area contributed by atoms with Gasteiger partial charge in [-0.1, -0.05) is 15.9 Å². The van der Waals surface area contributed by atoms with Crippen LogP contribution in [-0.2, 0) is 0 Å². The second-order valence-electron chi connectivity index (χ2n) is 3.58. The van der Waals surface area contributed by atoms with E-state index in [2.05, 4.69) is 26.1 Å². The smallest absolute Gasteiger partial charge is 0.272 e. The molecule has 1 aromatic carbocycles. The van der Waals surface area contributed by atoms with E-state index in [0.717, 1.165) is 21.3 Å². The Balaban J connectivity index is 2.85. The summed E-state index contributed by atoms with van der Waals surface area (Å²) in [6, 6.07) is 3.91. The van der Waals surface area contributed by atoms with E-state index in [1.165, 1.54) is 4.57 Å². The van der Waals surface area contributed by atoms with Crippen molar-refractivity contribution in [2.45, 2.75) is 13.8 Å². The Labute approximate surface area is 105 Å². The molecule has 0 aliphatic heterocycles. The Kier molecular flexibility index (Phi) is 2.86. The van der Waals surface area contributed by atoms with Crippen LogP contribution in [0.1, 0.15) is 11.1 Å². The summed E-state index contributed by atoms with van der Waals surface area (Å²) in [5.74, 6) is 0. The average Bonchev–Trinajstić information content (AvgIpc) is 2.47. The maximum atomic E-state index is 11.6. The molecule has 0 aliphatic carbocycles. The van der Waals surface area contributed by atoms with Crippen LogP contribution in [0.25, 0.3) is 5.69 Å². The molecule has 0 radical (unpaired) electrons. The summed E-state index contributed by atoms with van der Waals surface area (Å²) in [6.45, 7) is 3.89. The quantitative estimate of drug-likeness (QED) is 0.795. The first-order valence-electron chi connectivity index (χ1n) is 4.67. The highest BCUT2D eigenvalue weighted by Crippen LogP contribution is 2.22. The third kappa shape index (κ3) is 1.78. The predicted octanol–water partition coefficient (Wildman–Crippen LogP) is 2.60. The summed E-state index contributed by atoms with van der Waals surface area (Å²) < 4.78 is 2.83. The highest BCUT2D eigenvalue weighted by Gasteiger charge is 2.10. The molecule has 2 rings (SSSR count). The molecule has 0 saturated heterocycles. The fourth-order valence-electron chi connectivity index (χ4n) is 1.77. The van der Waals surface area contributed by atoms with Gasteiger partial charge < -0.3 is 0 Å². The molecule has 2 N–H and O–H groups in total. The van der Waals surface area contributed by atoms with E-state index in [0.29, 0.717) is 4.77 Å². The zero-order chi connectivity index (χ0) is 11.9. The fourth-order valence-corrected chi connectivity index (χ4v) is 2.68. The molecule has 16 heavy (non-hydrogen) atoms. The summed E-state index contributed by atoms with van der Waals surface area (Å²) in [5.41, 5.74) is 2.57. The van der Waals surface area contributed by atoms with Gasteiger partial charge in [0.15, 0.2) is 0 Å². The molecule has 0 aliphatic rings. The first-order chi connectivity index (χ1) is 7.50. The molecule has 0 amide bonds. The van der Waals surface area contributed by atoms with Crippen molar-refractivity contribution < 1.29 is 0 Å². The van der Waals surface area contributed by atoms with E-state index in [-0.39, 0.29) is 5.69 Å². The number of aromatic amines is 2. The van der Waals surface area contributed by atoms with E-state index in [1.807, 2.05) is 26.0 Å². The SMILES string of the molecule is Cc1cc(Br)cc(C)c1-n1c(=O)[nH][nH]c1=S. The van der Waals surface area contributed by atoms with Gasteiger partial charge in [0.05, 0.1) is 5.69 Å². The monoisotopic (exact) mass is 299 g/mol. The van der Waals surface area contributed by atoms with Gasteiger partial charge in [0.25, 0.3) is 0 Å². The van der Waals surface area contributed by atoms with E-state index < -0.39 is 0 Å². The van der Waals surface area contributed by atoms with Crippen LogP contribution in [-0.4, -0.2) is 14.8 Å². The van der Waals surface area contributed by atoms with Crippen molar-refractivity contribution in [2.75, 3.05) is 0 Å². The summed E-state index contributed by atoms with van der Waals surface area (Å²) in [4.78, 5) is 11.6. The Morgan fingerprint density at radius 1 is 1.25 bits per heavy atom. The highest BCUT2D eigenvalue weighted by atomic mass is 79.9. The van der Waals surface area contributed by atoms with Crippen molar-refractivity contribution in [1.82, 2.24) is 14.8 Å². The summed E-state index contributed by atoms with van der Waals surface area (Å²) in [7, 11) is 0. The summed E-state index contributed by atoms with van der Waals surface area (Å²) in [5, 5.41) is 5.10. The first kappa shape index (κ1) is 11.3. The molecule has 2 aromatic rings. The van der Waals surface area contributed by atoms with Gasteiger partial charge in [0.1, 0.15) is 0 Å². The maximum Gasteiger partial charge on any atom is 0.347 e. The van der Waals surface area contributed by atoms with Gasteiger partial charge in [-0.25, -0.2) is 14.5 Å². The van der Waals surface area contributed by atoms with Gasteiger partial charge in [-0.05, 0) is 49.3 Å². The van der Waals surface area contributed by atoms with E-state index >= 15 is 0 Å². The molecule has 0 atom stereocenters. The van der Waals surface area contributed by atoms with Gasteiger partial charge in [-0.3, -0.25) is 5.10 Å². The van der Waals surface area contributed by atoms with E-state index in [1.54, 1.807) is 0 Å². The molecule has 84 valence electrons. The zero-order valence-electron chi connectivity index (χ0n) is 8.80. The van der Waals surface area contributed by atoms with Crippen LogP contribution < -0.4 is 5.69 Å². The normalized spacial score (nSPS) is 10.7. The van der Waals surface area contributed by atoms with Gasteiger partial charge in [-0.2, -0.15) is 0 Å². The number of rotatable bonds is 1. The molecule has 0 spiro atoms. The van der Waals surface area contributed by atoms with Crippen LogP contribution in [0.3, 0.4) is 0 Å². The summed E-state index contributed by atoms with van der Waals surface area (Å²) >= 11 is 8.49. The van der Waals surface area contributed by atoms with E-state index in [4.69, 9.17) is 12.2 Å². The van der Waals surface area contributed by atoms with Crippen molar-refractivity contribution in [3.05, 3.63) is 43.0 Å². The molecule has 0 bridgehead atoms. The predicted molar refractivity (Wildman–Crippen MR) is 68.7 cm³/mol. The van der Waals surface area contributed by atoms with Crippen molar-refractivity contribution in [3.63, 3.8) is 0 Å². The van der Waals surface area contributed by atoms with Crippen LogP contribution >= 0.6 is 28.1 Å². The molecule has 0 fully saturated rings. The van der Waals surface area contributed by atoms with E-state index in [9.17, 15) is 4.79 Å². The number of H-pyrrole nitrogens is 2. The molecule has 1 heterocycles. The third-order valence-electron chi connectivity index (χ3n) is 2.36. The summed E-state index contributed by atoms with van der Waals surface area (Å²) in [6.07, 6.45) is 0. The second kappa shape index (κ2) is 4.03. The highest BCUT2D eigenvalue weighted by molar-refractivity contribution is 9.10. The minimum Gasteiger partial charge on any atom is -0.272 e. The lowest BCUT2D eigenvalue weighted by Crippen LogP contribution is -2.17. The molecule has 1 aromatic heterocycles. The van der Waals surface area contributed by atoms with Gasteiger partial charge in [0, 0.05) is 4.47 Å². The Morgan fingerprint density at radius 3 is 2.25 bits per heavy atom. The Morgan fingerprint density at radius 2 is 1.81 bits per heavy atom. The van der Waals surface area contributed by atoms with Gasteiger partial charge in [0.2, 0.25) is 4.77 Å². The topological polar surface area (TPSA) is 53.6 Å².